The van der Waals surface area contributed by atoms with Crippen molar-refractivity contribution < 1.29 is 4.74 Å². The molecule has 4 heteroatoms. The average Bonchev–Trinajstić information content (AvgIpc) is 2.37. The van der Waals surface area contributed by atoms with Crippen LogP contribution in [-0.4, -0.2) is 9.97 Å². The van der Waals surface area contributed by atoms with Gasteiger partial charge in [0.2, 0.25) is 0 Å². The number of nitrogens with two attached hydrogens (primary N) is 1. The molecule has 3 nitrogen and oxygen atoms in total. The molecule has 1 aromatic carbocycles. The van der Waals surface area contributed by atoms with Crippen LogP contribution in [0.1, 0.15) is 42.3 Å². The normalized spacial score (nSPS) is 10.7. The Labute approximate surface area is 131 Å². The zero-order valence-corrected chi connectivity index (χ0v) is 13.6. The molecule has 1 aromatic heterocycles. The Kier molecular flexibility index (Phi) is 4.58. The molecule has 0 radical (unpaired) electrons. The second-order valence-electron chi connectivity index (χ2n) is 5.38. The second-order valence-corrected chi connectivity index (χ2v) is 5.82. The third kappa shape index (κ3) is 3.39. The molecule has 0 saturated heterocycles. The van der Waals surface area contributed by atoms with Crippen molar-refractivity contribution in [3.05, 3.63) is 52.8 Å². The molecular formula is C17H20N2OS. The van der Waals surface area contributed by atoms with Crippen LogP contribution in [0, 0.1) is 13.8 Å². The standard InChI is InChI=1S/C17H20N2OS/c1-10(2)13-7-5-6-8-14(13)20-15-9-11(3)19-12(4)16(15)17(18)21/h5-10H,1-4H3,(H2,18,21). The van der Waals surface area contributed by atoms with Crippen molar-refractivity contribution in [3.8, 4) is 11.5 Å². The summed E-state index contributed by atoms with van der Waals surface area (Å²) in [6.45, 7) is 8.10. The lowest BCUT2D eigenvalue weighted by Crippen LogP contribution is -2.14. The summed E-state index contributed by atoms with van der Waals surface area (Å²) in [4.78, 5) is 4.71. The van der Waals surface area contributed by atoms with Gasteiger partial charge in [-0.2, -0.15) is 0 Å². The smallest absolute Gasteiger partial charge is 0.141 e. The van der Waals surface area contributed by atoms with Crippen LogP contribution in [0.5, 0.6) is 11.5 Å². The van der Waals surface area contributed by atoms with Gasteiger partial charge in [0.05, 0.1) is 11.3 Å². The first-order chi connectivity index (χ1) is 9.90. The van der Waals surface area contributed by atoms with Gasteiger partial charge < -0.3 is 10.5 Å². The highest BCUT2D eigenvalue weighted by molar-refractivity contribution is 7.80. The molecule has 0 saturated carbocycles. The molecular weight excluding hydrogens is 280 g/mol. The second kappa shape index (κ2) is 6.22. The highest BCUT2D eigenvalue weighted by Crippen LogP contribution is 2.33. The van der Waals surface area contributed by atoms with Gasteiger partial charge in [-0.05, 0) is 31.4 Å². The molecule has 0 unspecified atom stereocenters. The largest absolute Gasteiger partial charge is 0.456 e. The van der Waals surface area contributed by atoms with E-state index in [1.807, 2.05) is 38.1 Å². The number of hydrogen-bond acceptors (Lipinski definition) is 3. The van der Waals surface area contributed by atoms with Gasteiger partial charge in [-0.15, -0.1) is 0 Å². The van der Waals surface area contributed by atoms with E-state index in [0.717, 1.165) is 22.7 Å². The zero-order valence-electron chi connectivity index (χ0n) is 12.8. The summed E-state index contributed by atoms with van der Waals surface area (Å²) in [5, 5.41) is 0. The first-order valence-electron chi connectivity index (χ1n) is 6.95. The van der Waals surface area contributed by atoms with Crippen LogP contribution in [0.25, 0.3) is 0 Å². The minimum atomic E-state index is 0.303. The van der Waals surface area contributed by atoms with Crippen LogP contribution >= 0.6 is 12.2 Å². The third-order valence-corrected chi connectivity index (χ3v) is 3.50. The number of benzene rings is 1. The van der Waals surface area contributed by atoms with E-state index in [1.54, 1.807) is 0 Å². The first-order valence-corrected chi connectivity index (χ1v) is 7.35. The molecule has 21 heavy (non-hydrogen) atoms. The number of ether oxygens (including phenoxy) is 1. The van der Waals surface area contributed by atoms with Crippen molar-refractivity contribution in [3.63, 3.8) is 0 Å². The number of hydrogen-bond donors (Lipinski definition) is 1. The van der Waals surface area contributed by atoms with Crippen LogP contribution in [0.3, 0.4) is 0 Å². The summed E-state index contributed by atoms with van der Waals surface area (Å²) < 4.78 is 6.12. The van der Waals surface area contributed by atoms with Crippen LogP contribution in [0.4, 0.5) is 0 Å². The van der Waals surface area contributed by atoms with Gasteiger partial charge in [0.1, 0.15) is 16.5 Å². The average molecular weight is 300 g/mol. The summed E-state index contributed by atoms with van der Waals surface area (Å²) >= 11 is 5.14. The van der Waals surface area contributed by atoms with Gasteiger partial charge in [0, 0.05) is 11.8 Å². The summed E-state index contributed by atoms with van der Waals surface area (Å²) in [6, 6.07) is 9.88. The van der Waals surface area contributed by atoms with E-state index in [9.17, 15) is 0 Å². The highest BCUT2D eigenvalue weighted by atomic mass is 32.1. The van der Waals surface area contributed by atoms with E-state index in [2.05, 4.69) is 24.9 Å². The fourth-order valence-corrected chi connectivity index (χ4v) is 2.59. The Balaban J connectivity index is 2.52. The fraction of sp³-hybridized carbons (Fsp3) is 0.294. The molecule has 2 aromatic rings. The Hall–Kier alpha value is -1.94. The van der Waals surface area contributed by atoms with Gasteiger partial charge in [-0.3, -0.25) is 4.98 Å². The zero-order chi connectivity index (χ0) is 15.6. The van der Waals surface area contributed by atoms with Gasteiger partial charge >= 0.3 is 0 Å². The lowest BCUT2D eigenvalue weighted by Gasteiger charge is -2.17. The Morgan fingerprint density at radius 1 is 1.19 bits per heavy atom. The van der Waals surface area contributed by atoms with E-state index in [0.29, 0.717) is 22.2 Å². The molecule has 2 N–H and O–H groups in total. The number of thiocarbonyl (C=S) groups is 1. The minimum Gasteiger partial charge on any atom is -0.456 e. The maximum absolute atomic E-state index is 6.12. The number of para-hydroxylation sites is 1. The van der Waals surface area contributed by atoms with Crippen molar-refractivity contribution >= 4 is 17.2 Å². The summed E-state index contributed by atoms with van der Waals surface area (Å²) in [6.07, 6.45) is 0. The quantitative estimate of drug-likeness (QED) is 0.858. The van der Waals surface area contributed by atoms with Crippen LogP contribution < -0.4 is 10.5 Å². The topological polar surface area (TPSA) is 48.1 Å². The van der Waals surface area contributed by atoms with Crippen molar-refractivity contribution in [1.29, 1.82) is 0 Å². The summed E-state index contributed by atoms with van der Waals surface area (Å²) in [7, 11) is 0. The van der Waals surface area contributed by atoms with Gasteiger partial charge in [0.15, 0.2) is 0 Å². The lowest BCUT2D eigenvalue weighted by molar-refractivity contribution is 0.470. The Morgan fingerprint density at radius 2 is 1.86 bits per heavy atom. The number of pyridine rings is 1. The molecule has 0 aliphatic carbocycles. The van der Waals surface area contributed by atoms with Gasteiger partial charge in [-0.25, -0.2) is 0 Å². The maximum atomic E-state index is 6.12. The van der Waals surface area contributed by atoms with E-state index in [-0.39, 0.29) is 0 Å². The molecule has 0 spiro atoms. The first kappa shape index (κ1) is 15.4. The van der Waals surface area contributed by atoms with E-state index >= 15 is 0 Å². The van der Waals surface area contributed by atoms with Crippen molar-refractivity contribution in [2.45, 2.75) is 33.6 Å². The Morgan fingerprint density at radius 3 is 2.48 bits per heavy atom. The van der Waals surface area contributed by atoms with Crippen molar-refractivity contribution in [2.24, 2.45) is 5.73 Å². The highest BCUT2D eigenvalue weighted by Gasteiger charge is 2.15. The Bertz CT molecular complexity index is 680. The summed E-state index contributed by atoms with van der Waals surface area (Å²) in [5.74, 6) is 1.87. The van der Waals surface area contributed by atoms with Gasteiger partial charge in [0.25, 0.3) is 0 Å². The maximum Gasteiger partial charge on any atom is 0.141 e. The van der Waals surface area contributed by atoms with Crippen molar-refractivity contribution in [2.75, 3.05) is 0 Å². The molecule has 0 amide bonds. The molecule has 2 rings (SSSR count). The van der Waals surface area contributed by atoms with Crippen molar-refractivity contribution in [1.82, 2.24) is 4.98 Å². The molecule has 0 aliphatic rings. The molecule has 110 valence electrons. The molecule has 0 aliphatic heterocycles. The van der Waals surface area contributed by atoms with Crippen LogP contribution in [0.2, 0.25) is 0 Å². The van der Waals surface area contributed by atoms with Crippen LogP contribution in [-0.2, 0) is 0 Å². The number of nitrogens with zero attached hydrogens (tertiary/aromatic N) is 1. The summed E-state index contributed by atoms with van der Waals surface area (Å²) in [5.41, 5.74) is 9.35. The lowest BCUT2D eigenvalue weighted by atomic mass is 10.0. The number of aryl methyl sites for hydroxylation is 2. The SMILES string of the molecule is Cc1cc(Oc2ccccc2C(C)C)c(C(N)=S)c(C)n1. The minimum absolute atomic E-state index is 0.303. The monoisotopic (exact) mass is 300 g/mol. The predicted molar refractivity (Wildman–Crippen MR) is 90.2 cm³/mol. The third-order valence-electron chi connectivity index (χ3n) is 3.30. The number of rotatable bonds is 4. The van der Waals surface area contributed by atoms with Gasteiger partial charge in [-0.1, -0.05) is 44.3 Å². The molecule has 1 heterocycles. The molecule has 0 fully saturated rings. The fourth-order valence-electron chi connectivity index (χ4n) is 2.34. The van der Waals surface area contributed by atoms with Crippen LogP contribution in [0.15, 0.2) is 30.3 Å². The number of aromatic nitrogens is 1. The van der Waals surface area contributed by atoms with E-state index in [1.165, 1.54) is 0 Å². The molecule has 0 bridgehead atoms. The van der Waals surface area contributed by atoms with E-state index in [4.69, 9.17) is 22.7 Å². The predicted octanol–water partition coefficient (Wildman–Crippen LogP) is 4.25. The molecule has 0 atom stereocenters. The van der Waals surface area contributed by atoms with E-state index < -0.39 is 0 Å².